The molecular weight excluding hydrogens is 635 g/mol. The summed E-state index contributed by atoms with van der Waals surface area (Å²) in [7, 11) is -8.88. The Morgan fingerprint density at radius 2 is 1.34 bits per heavy atom. The molecule has 0 aliphatic rings. The van der Waals surface area contributed by atoms with E-state index in [0.29, 0.717) is 46.8 Å². The molecule has 3 rings (SSSR count). The molecule has 0 saturated carbocycles. The molecule has 3 aromatic carbocycles. The molecule has 0 saturated heterocycles. The molecule has 0 radical (unpaired) electrons. The Morgan fingerprint density at radius 1 is 0.750 bits per heavy atom. The van der Waals surface area contributed by atoms with E-state index >= 15 is 0 Å². The first-order valence-electron chi connectivity index (χ1n) is 13.1. The highest BCUT2D eigenvalue weighted by Gasteiger charge is 2.18. The summed E-state index contributed by atoms with van der Waals surface area (Å²) in [6, 6.07) is 10.6. The highest BCUT2D eigenvalue weighted by atomic mass is 32.2. The summed E-state index contributed by atoms with van der Waals surface area (Å²) in [5.41, 5.74) is 9.74. The monoisotopic (exact) mass is 667 g/mol. The minimum Gasteiger partial charge on any atom is -0.494 e. The molecule has 0 aliphatic heterocycles. The first kappa shape index (κ1) is 34.9. The second-order valence-corrected chi connectivity index (χ2v) is 13.3. The van der Waals surface area contributed by atoms with Crippen LogP contribution < -0.4 is 15.2 Å². The van der Waals surface area contributed by atoms with Crippen molar-refractivity contribution in [3.05, 3.63) is 59.2 Å². The summed E-state index contributed by atoms with van der Waals surface area (Å²) in [4.78, 5) is -0.519. The van der Waals surface area contributed by atoms with Crippen LogP contribution in [0, 0.1) is 20.8 Å². The number of hydrogen-bond acceptors (Lipinski definition) is 13. The van der Waals surface area contributed by atoms with Crippen molar-refractivity contribution in [2.45, 2.75) is 38.5 Å². The van der Waals surface area contributed by atoms with Crippen LogP contribution in [0.4, 0.5) is 28.4 Å². The van der Waals surface area contributed by atoms with Gasteiger partial charge in [-0.2, -0.15) is 27.1 Å². The fourth-order valence-corrected chi connectivity index (χ4v) is 5.09. The quantitative estimate of drug-likeness (QED) is 0.0428. The minimum absolute atomic E-state index is 0.0125. The fraction of sp³-hybridized carbons (Fsp3) is 0.333. The van der Waals surface area contributed by atoms with Crippen LogP contribution in [0.2, 0.25) is 0 Å². The van der Waals surface area contributed by atoms with Gasteiger partial charge in [0.25, 0.3) is 20.2 Å². The molecule has 0 aliphatic carbocycles. The maximum atomic E-state index is 12.1. The van der Waals surface area contributed by atoms with E-state index in [4.69, 9.17) is 24.3 Å². The zero-order chi connectivity index (χ0) is 32.5. The van der Waals surface area contributed by atoms with Crippen molar-refractivity contribution >= 4 is 60.7 Å². The molecule has 5 N–H and O–H groups in total. The second-order valence-electron chi connectivity index (χ2n) is 9.63. The molecule has 3 aromatic rings. The van der Waals surface area contributed by atoms with Gasteiger partial charge in [-0.25, -0.2) is 0 Å². The normalized spacial score (nSPS) is 12.3. The SMILES string of the molecule is Cc1cc(N=Nc2cc(C)c(N=Nc3ccc(OCCCSO)cc3S(=O)(=O)O)cc2OCCCS(=O)(=O)O)c(C)cc1N. The van der Waals surface area contributed by atoms with Crippen LogP contribution in [0.15, 0.2) is 67.8 Å². The Balaban J connectivity index is 1.96. The van der Waals surface area contributed by atoms with Crippen LogP contribution in [0.5, 0.6) is 11.5 Å². The molecule has 0 spiro atoms. The molecule has 44 heavy (non-hydrogen) atoms. The van der Waals surface area contributed by atoms with Crippen LogP contribution in [-0.2, 0) is 20.2 Å². The topological polar surface area (TPSA) is 223 Å². The highest BCUT2D eigenvalue weighted by Crippen LogP contribution is 2.38. The number of nitrogens with zero attached hydrogens (tertiary/aromatic N) is 4. The predicted octanol–water partition coefficient (Wildman–Crippen LogP) is 6.90. The number of anilines is 1. The molecule has 0 bridgehead atoms. The Labute approximate surface area is 260 Å². The van der Waals surface area contributed by atoms with Crippen LogP contribution >= 0.6 is 12.0 Å². The van der Waals surface area contributed by atoms with E-state index in [1.54, 1.807) is 25.1 Å². The average molecular weight is 668 g/mol. The summed E-state index contributed by atoms with van der Waals surface area (Å²) < 4.78 is 85.3. The van der Waals surface area contributed by atoms with Gasteiger partial charge >= 0.3 is 0 Å². The van der Waals surface area contributed by atoms with Gasteiger partial charge in [-0.05, 0) is 92.7 Å². The Morgan fingerprint density at radius 3 is 2.00 bits per heavy atom. The van der Waals surface area contributed by atoms with Crippen molar-refractivity contribution in [1.82, 2.24) is 0 Å². The Bertz CT molecular complexity index is 1760. The van der Waals surface area contributed by atoms with Gasteiger partial charge in [0.1, 0.15) is 27.8 Å². The molecule has 0 atom stereocenters. The third-order valence-corrected chi connectivity index (χ3v) is 8.21. The Hall–Kier alpha value is -3.61. The van der Waals surface area contributed by atoms with Crippen LogP contribution in [0.3, 0.4) is 0 Å². The molecule has 0 aromatic heterocycles. The van der Waals surface area contributed by atoms with Gasteiger partial charge in [-0.1, -0.05) is 0 Å². The molecule has 0 unspecified atom stereocenters. The number of benzene rings is 3. The van der Waals surface area contributed by atoms with Crippen LogP contribution in [-0.4, -0.2) is 55.2 Å². The van der Waals surface area contributed by atoms with Gasteiger partial charge in [0.15, 0.2) is 0 Å². The number of nitrogen functional groups attached to an aromatic ring is 1. The van der Waals surface area contributed by atoms with Crippen molar-refractivity contribution < 1.29 is 40.0 Å². The summed E-state index contributed by atoms with van der Waals surface area (Å²) in [5, 5.41) is 16.9. The average Bonchev–Trinajstić information content (AvgIpc) is 2.94. The van der Waals surface area contributed by atoms with Crippen molar-refractivity contribution in [1.29, 1.82) is 0 Å². The zero-order valence-corrected chi connectivity index (χ0v) is 26.6. The summed E-state index contributed by atoms with van der Waals surface area (Å²) in [6.45, 7) is 5.51. The third kappa shape index (κ3) is 10.5. The van der Waals surface area contributed by atoms with Crippen molar-refractivity contribution in [2.75, 3.05) is 30.5 Å². The lowest BCUT2D eigenvalue weighted by atomic mass is 10.1. The first-order valence-corrected chi connectivity index (χ1v) is 17.1. The van der Waals surface area contributed by atoms with Crippen LogP contribution in [0.25, 0.3) is 0 Å². The first-order chi connectivity index (χ1) is 20.7. The highest BCUT2D eigenvalue weighted by molar-refractivity contribution is 7.93. The number of ether oxygens (including phenoxy) is 2. The van der Waals surface area contributed by atoms with Gasteiger partial charge in [0, 0.05) is 23.6 Å². The number of nitrogens with two attached hydrogens (primary N) is 1. The second kappa shape index (κ2) is 15.4. The summed E-state index contributed by atoms with van der Waals surface area (Å²) in [5.74, 6) is 0.278. The van der Waals surface area contributed by atoms with E-state index in [-0.39, 0.29) is 42.5 Å². The van der Waals surface area contributed by atoms with E-state index in [1.165, 1.54) is 18.2 Å². The van der Waals surface area contributed by atoms with Gasteiger partial charge < -0.3 is 19.8 Å². The van der Waals surface area contributed by atoms with E-state index in [9.17, 15) is 21.4 Å². The lowest BCUT2D eigenvalue weighted by Gasteiger charge is -2.11. The van der Waals surface area contributed by atoms with Gasteiger partial charge in [0.05, 0.1) is 30.3 Å². The minimum atomic E-state index is -4.70. The van der Waals surface area contributed by atoms with Gasteiger partial charge in [-0.15, -0.1) is 10.2 Å². The number of aryl methyl sites for hydroxylation is 3. The molecular formula is C27H33N5O9S3. The van der Waals surface area contributed by atoms with E-state index in [1.807, 2.05) is 13.8 Å². The fourth-order valence-electron chi connectivity index (χ4n) is 3.72. The van der Waals surface area contributed by atoms with E-state index in [2.05, 4.69) is 20.5 Å². The summed E-state index contributed by atoms with van der Waals surface area (Å²) >= 11 is 0.662. The maximum absolute atomic E-state index is 12.1. The molecule has 17 heteroatoms. The van der Waals surface area contributed by atoms with Gasteiger partial charge in [0.2, 0.25) is 0 Å². The largest absolute Gasteiger partial charge is 0.494 e. The predicted molar refractivity (Wildman–Crippen MR) is 168 cm³/mol. The molecule has 0 amide bonds. The van der Waals surface area contributed by atoms with Crippen LogP contribution in [0.1, 0.15) is 29.5 Å². The lowest BCUT2D eigenvalue weighted by Crippen LogP contribution is -2.08. The molecule has 0 heterocycles. The number of rotatable bonds is 15. The zero-order valence-electron chi connectivity index (χ0n) is 24.2. The summed E-state index contributed by atoms with van der Waals surface area (Å²) in [6.07, 6.45) is 0.500. The van der Waals surface area contributed by atoms with Crippen molar-refractivity contribution in [3.63, 3.8) is 0 Å². The molecule has 14 nitrogen and oxygen atoms in total. The standard InChI is InChI=1S/C27H33N5O9S3/c1-17-13-23(18(2)12-21(17)28)30-32-25-14-19(3)24(16-26(25)41-9-5-11-43(34,35)36)31-29-22-7-6-20(40-8-4-10-42-33)15-27(22)44(37,38)39/h6-7,12-16,33H,4-5,8-11,28H2,1-3H3,(H,34,35,36)(H,37,38,39). The van der Waals surface area contributed by atoms with Crippen molar-refractivity contribution in [3.8, 4) is 11.5 Å². The maximum Gasteiger partial charge on any atom is 0.296 e. The van der Waals surface area contributed by atoms with Gasteiger partial charge in [-0.3, -0.25) is 9.11 Å². The smallest absolute Gasteiger partial charge is 0.296 e. The molecule has 238 valence electrons. The number of hydrogen-bond donors (Lipinski definition) is 4. The molecule has 0 fully saturated rings. The van der Waals surface area contributed by atoms with Crippen molar-refractivity contribution in [2.24, 2.45) is 20.5 Å². The lowest BCUT2D eigenvalue weighted by molar-refractivity contribution is 0.317. The Kier molecular flexibility index (Phi) is 12.2. The van der Waals surface area contributed by atoms with E-state index in [0.717, 1.165) is 17.2 Å². The van der Waals surface area contributed by atoms with E-state index < -0.39 is 30.9 Å². The third-order valence-electron chi connectivity index (χ3n) is 6.06. The number of azo groups is 2.